The summed E-state index contributed by atoms with van der Waals surface area (Å²) in [5.74, 6) is 0.360. The van der Waals surface area contributed by atoms with Gasteiger partial charge >= 0.3 is 5.97 Å². The fourth-order valence-corrected chi connectivity index (χ4v) is 2.72. The van der Waals surface area contributed by atoms with E-state index in [0.717, 1.165) is 29.0 Å². The molecular formula is C17H25N3O2. The Balaban J connectivity index is 2.67. The Kier molecular flexibility index (Phi) is 4.84. The van der Waals surface area contributed by atoms with Crippen molar-refractivity contribution in [2.45, 2.75) is 53.9 Å². The fraction of sp³-hybridized carbons (Fsp3) is 0.588. The lowest BCUT2D eigenvalue weighted by atomic mass is 10.00. The Morgan fingerprint density at radius 1 is 1.32 bits per heavy atom. The van der Waals surface area contributed by atoms with E-state index in [9.17, 15) is 4.79 Å². The van der Waals surface area contributed by atoms with E-state index in [4.69, 9.17) is 4.74 Å². The van der Waals surface area contributed by atoms with Crippen molar-refractivity contribution in [2.75, 3.05) is 6.61 Å². The van der Waals surface area contributed by atoms with Crippen molar-refractivity contribution in [3.8, 4) is 0 Å². The minimum Gasteiger partial charge on any atom is -0.462 e. The van der Waals surface area contributed by atoms with Gasteiger partial charge in [0.2, 0.25) is 0 Å². The minimum absolute atomic E-state index is 0.165. The first-order valence-electron chi connectivity index (χ1n) is 7.91. The first-order valence-corrected chi connectivity index (χ1v) is 7.91. The fourth-order valence-electron chi connectivity index (χ4n) is 2.72. The summed E-state index contributed by atoms with van der Waals surface area (Å²) in [6, 6.07) is 0. The number of hydrogen-bond acceptors (Lipinski definition) is 4. The number of ether oxygens (including phenoxy) is 1. The molecule has 0 amide bonds. The molecule has 2 rings (SSSR count). The number of aryl methyl sites for hydroxylation is 1. The zero-order chi connectivity index (χ0) is 16.4. The van der Waals surface area contributed by atoms with Gasteiger partial charge in [0.15, 0.2) is 5.65 Å². The smallest absolute Gasteiger partial charge is 0.340 e. The van der Waals surface area contributed by atoms with Crippen molar-refractivity contribution >= 4 is 11.6 Å². The lowest BCUT2D eigenvalue weighted by Gasteiger charge is -2.13. The van der Waals surface area contributed by atoms with Crippen LogP contribution in [0.3, 0.4) is 0 Å². The molecule has 5 heteroatoms. The first-order chi connectivity index (χ1) is 10.4. The van der Waals surface area contributed by atoms with E-state index in [1.807, 2.05) is 11.4 Å². The number of carbonyl (C=O) groups excluding carboxylic acids is 1. The van der Waals surface area contributed by atoms with Gasteiger partial charge in [-0.2, -0.15) is 5.10 Å². The standard InChI is InChI=1S/C17H25N3O2/c1-7-22-17(21)13-9-18-20-14(8-10(2)3)12(6)19-16(20)15(13)11(4)5/h9-11H,7-8H2,1-6H3. The number of carbonyl (C=O) groups is 1. The van der Waals surface area contributed by atoms with E-state index >= 15 is 0 Å². The van der Waals surface area contributed by atoms with Crippen molar-refractivity contribution in [1.29, 1.82) is 0 Å². The molecule has 0 aliphatic rings. The Morgan fingerprint density at radius 2 is 2.00 bits per heavy atom. The molecule has 2 aromatic heterocycles. The number of rotatable bonds is 5. The van der Waals surface area contributed by atoms with Gasteiger partial charge in [0.05, 0.1) is 29.8 Å². The summed E-state index contributed by atoms with van der Waals surface area (Å²) in [7, 11) is 0. The maximum atomic E-state index is 12.2. The normalized spacial score (nSPS) is 11.6. The van der Waals surface area contributed by atoms with Crippen LogP contribution in [0, 0.1) is 12.8 Å². The van der Waals surface area contributed by atoms with E-state index < -0.39 is 0 Å². The molecule has 0 unspecified atom stereocenters. The van der Waals surface area contributed by atoms with Crippen LogP contribution < -0.4 is 0 Å². The number of fused-ring (bicyclic) bond motifs is 1. The number of esters is 1. The molecule has 0 bridgehead atoms. The molecule has 0 aliphatic heterocycles. The number of hydrogen-bond donors (Lipinski definition) is 0. The molecule has 0 N–H and O–H groups in total. The molecule has 0 radical (unpaired) electrons. The molecule has 120 valence electrons. The second-order valence-corrected chi connectivity index (χ2v) is 6.32. The van der Waals surface area contributed by atoms with E-state index in [-0.39, 0.29) is 11.9 Å². The molecule has 0 atom stereocenters. The number of imidazole rings is 1. The average molecular weight is 303 g/mol. The molecule has 5 nitrogen and oxygen atoms in total. The zero-order valence-electron chi connectivity index (χ0n) is 14.3. The van der Waals surface area contributed by atoms with E-state index in [1.165, 1.54) is 0 Å². The summed E-state index contributed by atoms with van der Waals surface area (Å²) in [6.45, 7) is 12.6. The first kappa shape index (κ1) is 16.5. The molecule has 2 heterocycles. The van der Waals surface area contributed by atoms with Gasteiger partial charge in [0.25, 0.3) is 0 Å². The molecule has 0 aromatic carbocycles. The lowest BCUT2D eigenvalue weighted by molar-refractivity contribution is 0.0524. The van der Waals surface area contributed by atoms with Crippen LogP contribution in [0.4, 0.5) is 0 Å². The molecular weight excluding hydrogens is 278 g/mol. The van der Waals surface area contributed by atoms with Crippen molar-refractivity contribution < 1.29 is 9.53 Å². The topological polar surface area (TPSA) is 56.5 Å². The van der Waals surface area contributed by atoms with Gasteiger partial charge in [-0.25, -0.2) is 14.3 Å². The SMILES string of the molecule is CCOC(=O)c1cnn2c(CC(C)C)c(C)nc2c1C(C)C. The summed E-state index contributed by atoms with van der Waals surface area (Å²) in [5.41, 5.74) is 4.29. The molecule has 2 aromatic rings. The Morgan fingerprint density at radius 3 is 2.55 bits per heavy atom. The van der Waals surface area contributed by atoms with Crippen molar-refractivity contribution in [3.05, 3.63) is 28.7 Å². The predicted octanol–water partition coefficient (Wildman–Crippen LogP) is 3.54. The molecule has 0 saturated carbocycles. The minimum atomic E-state index is -0.327. The second kappa shape index (κ2) is 6.46. The highest BCUT2D eigenvalue weighted by atomic mass is 16.5. The monoisotopic (exact) mass is 303 g/mol. The maximum absolute atomic E-state index is 12.2. The molecule has 0 fully saturated rings. The van der Waals surface area contributed by atoms with Crippen LogP contribution >= 0.6 is 0 Å². The summed E-state index contributed by atoms with van der Waals surface area (Å²) >= 11 is 0. The third-order valence-electron chi connectivity index (χ3n) is 3.66. The van der Waals surface area contributed by atoms with Gasteiger partial charge < -0.3 is 4.74 Å². The summed E-state index contributed by atoms with van der Waals surface area (Å²) < 4.78 is 7.04. The van der Waals surface area contributed by atoms with Gasteiger partial charge in [0, 0.05) is 5.56 Å². The Labute approximate surface area is 131 Å². The Bertz CT molecular complexity index is 687. The van der Waals surface area contributed by atoms with Gasteiger partial charge in [-0.1, -0.05) is 27.7 Å². The van der Waals surface area contributed by atoms with E-state index in [1.54, 1.807) is 13.1 Å². The van der Waals surface area contributed by atoms with Crippen LogP contribution in [0.1, 0.15) is 67.8 Å². The van der Waals surface area contributed by atoms with E-state index in [2.05, 4.69) is 37.8 Å². The number of aromatic nitrogens is 3. The van der Waals surface area contributed by atoms with Gasteiger partial charge in [-0.3, -0.25) is 0 Å². The van der Waals surface area contributed by atoms with Gasteiger partial charge in [0.1, 0.15) is 0 Å². The highest BCUT2D eigenvalue weighted by Gasteiger charge is 2.23. The third-order valence-corrected chi connectivity index (χ3v) is 3.66. The highest BCUT2D eigenvalue weighted by Crippen LogP contribution is 2.26. The van der Waals surface area contributed by atoms with Gasteiger partial charge in [-0.05, 0) is 32.1 Å². The third kappa shape index (κ3) is 2.98. The predicted molar refractivity (Wildman–Crippen MR) is 86.3 cm³/mol. The summed E-state index contributed by atoms with van der Waals surface area (Å²) in [5, 5.41) is 4.45. The quantitative estimate of drug-likeness (QED) is 0.793. The molecule has 0 saturated heterocycles. The lowest BCUT2D eigenvalue weighted by Crippen LogP contribution is -2.13. The zero-order valence-corrected chi connectivity index (χ0v) is 14.3. The number of nitrogens with zero attached hydrogens (tertiary/aromatic N) is 3. The molecule has 0 aliphatic carbocycles. The maximum Gasteiger partial charge on any atom is 0.340 e. The van der Waals surface area contributed by atoms with Crippen LogP contribution in [0.25, 0.3) is 5.65 Å². The van der Waals surface area contributed by atoms with Gasteiger partial charge in [-0.15, -0.1) is 0 Å². The molecule has 0 spiro atoms. The summed E-state index contributed by atoms with van der Waals surface area (Å²) in [6.07, 6.45) is 2.53. The van der Waals surface area contributed by atoms with Crippen molar-refractivity contribution in [3.63, 3.8) is 0 Å². The largest absolute Gasteiger partial charge is 0.462 e. The second-order valence-electron chi connectivity index (χ2n) is 6.32. The van der Waals surface area contributed by atoms with Crippen LogP contribution in [-0.4, -0.2) is 27.2 Å². The highest BCUT2D eigenvalue weighted by molar-refractivity contribution is 5.92. The Hall–Kier alpha value is -1.91. The van der Waals surface area contributed by atoms with E-state index in [0.29, 0.717) is 18.1 Å². The van der Waals surface area contributed by atoms with Crippen LogP contribution in [-0.2, 0) is 11.2 Å². The van der Waals surface area contributed by atoms with Crippen molar-refractivity contribution in [2.24, 2.45) is 5.92 Å². The summed E-state index contributed by atoms with van der Waals surface area (Å²) in [4.78, 5) is 16.9. The van der Waals surface area contributed by atoms with Crippen LogP contribution in [0.2, 0.25) is 0 Å². The van der Waals surface area contributed by atoms with Crippen LogP contribution in [0.15, 0.2) is 6.20 Å². The van der Waals surface area contributed by atoms with Crippen LogP contribution in [0.5, 0.6) is 0 Å². The average Bonchev–Trinajstić information content (AvgIpc) is 2.73. The van der Waals surface area contributed by atoms with Crippen molar-refractivity contribution in [1.82, 2.24) is 14.6 Å². The molecule has 22 heavy (non-hydrogen) atoms.